The third-order valence-electron chi connectivity index (χ3n) is 3.54. The summed E-state index contributed by atoms with van der Waals surface area (Å²) in [7, 11) is 0. The Labute approximate surface area is 120 Å². The molecule has 0 aromatic heterocycles. The van der Waals surface area contributed by atoms with Crippen LogP contribution in [0.1, 0.15) is 31.9 Å². The first kappa shape index (κ1) is 14.9. The summed E-state index contributed by atoms with van der Waals surface area (Å²) >= 11 is 0. The van der Waals surface area contributed by atoms with Crippen LogP contribution in [-0.2, 0) is 22.4 Å². The molecule has 110 valence electrons. The van der Waals surface area contributed by atoms with E-state index in [-0.39, 0.29) is 24.0 Å². The Hall–Kier alpha value is -1.55. The topological polar surface area (TPSA) is 61.5 Å². The van der Waals surface area contributed by atoms with Gasteiger partial charge in [0.2, 0.25) is 0 Å². The minimum atomic E-state index is -0.311. The van der Waals surface area contributed by atoms with Gasteiger partial charge in [0, 0.05) is 13.0 Å². The van der Waals surface area contributed by atoms with Crippen LogP contribution in [-0.4, -0.2) is 24.7 Å². The molecule has 0 aliphatic carbocycles. The van der Waals surface area contributed by atoms with Crippen LogP contribution in [0.25, 0.3) is 0 Å². The van der Waals surface area contributed by atoms with E-state index in [0.717, 1.165) is 17.7 Å². The molecule has 4 nitrogen and oxygen atoms in total. The zero-order valence-electron chi connectivity index (χ0n) is 12.4. The van der Waals surface area contributed by atoms with E-state index in [4.69, 9.17) is 15.2 Å². The SMILES string of the molecule is CCOC(=O)C(CN)Cc1cccc2c1OC(C)(C)C2. The van der Waals surface area contributed by atoms with Gasteiger partial charge in [0.25, 0.3) is 0 Å². The van der Waals surface area contributed by atoms with Crippen LogP contribution in [0.2, 0.25) is 0 Å². The normalized spacial score (nSPS) is 17.2. The first-order chi connectivity index (χ1) is 9.46. The number of hydrogen-bond acceptors (Lipinski definition) is 4. The lowest BCUT2D eigenvalue weighted by Gasteiger charge is -2.19. The first-order valence-corrected chi connectivity index (χ1v) is 7.13. The lowest BCUT2D eigenvalue weighted by molar-refractivity contribution is -0.147. The van der Waals surface area contributed by atoms with Crippen molar-refractivity contribution in [3.63, 3.8) is 0 Å². The Bertz CT molecular complexity index is 496. The fraction of sp³-hybridized carbons (Fsp3) is 0.562. The maximum absolute atomic E-state index is 11.9. The lowest BCUT2D eigenvalue weighted by atomic mass is 9.95. The van der Waals surface area contributed by atoms with Gasteiger partial charge in [0.05, 0.1) is 12.5 Å². The van der Waals surface area contributed by atoms with Gasteiger partial charge in [0.1, 0.15) is 11.4 Å². The summed E-state index contributed by atoms with van der Waals surface area (Å²) in [5.41, 5.74) is 7.77. The molecule has 1 aliphatic rings. The van der Waals surface area contributed by atoms with Gasteiger partial charge in [-0.3, -0.25) is 4.79 Å². The molecule has 1 atom stereocenters. The van der Waals surface area contributed by atoms with E-state index in [9.17, 15) is 4.79 Å². The van der Waals surface area contributed by atoms with Crippen molar-refractivity contribution in [1.29, 1.82) is 0 Å². The molecule has 1 aromatic carbocycles. The van der Waals surface area contributed by atoms with Gasteiger partial charge in [0.15, 0.2) is 0 Å². The summed E-state index contributed by atoms with van der Waals surface area (Å²) in [5, 5.41) is 0. The van der Waals surface area contributed by atoms with Crippen molar-refractivity contribution in [2.45, 2.75) is 39.2 Å². The second-order valence-corrected chi connectivity index (χ2v) is 5.83. The highest BCUT2D eigenvalue weighted by Gasteiger charge is 2.32. The average molecular weight is 277 g/mol. The number of rotatable bonds is 5. The van der Waals surface area contributed by atoms with E-state index in [1.54, 1.807) is 6.92 Å². The van der Waals surface area contributed by atoms with E-state index in [1.807, 2.05) is 12.1 Å². The Balaban J connectivity index is 2.19. The third kappa shape index (κ3) is 3.12. The van der Waals surface area contributed by atoms with Gasteiger partial charge in [-0.1, -0.05) is 18.2 Å². The predicted octanol–water partition coefficient (Wildman–Crippen LogP) is 2.08. The minimum Gasteiger partial charge on any atom is -0.487 e. The van der Waals surface area contributed by atoms with E-state index in [0.29, 0.717) is 13.0 Å². The number of para-hydroxylation sites is 1. The fourth-order valence-electron chi connectivity index (χ4n) is 2.63. The maximum atomic E-state index is 11.9. The van der Waals surface area contributed by atoms with E-state index >= 15 is 0 Å². The number of benzene rings is 1. The molecule has 0 spiro atoms. The lowest BCUT2D eigenvalue weighted by Crippen LogP contribution is -2.28. The van der Waals surface area contributed by atoms with Crippen molar-refractivity contribution >= 4 is 5.97 Å². The van der Waals surface area contributed by atoms with Crippen LogP contribution in [0, 0.1) is 5.92 Å². The van der Waals surface area contributed by atoms with Gasteiger partial charge in [-0.2, -0.15) is 0 Å². The van der Waals surface area contributed by atoms with Crippen molar-refractivity contribution in [3.8, 4) is 5.75 Å². The molecule has 0 amide bonds. The first-order valence-electron chi connectivity index (χ1n) is 7.13. The second kappa shape index (κ2) is 5.83. The number of carbonyl (C=O) groups excluding carboxylic acids is 1. The van der Waals surface area contributed by atoms with Crippen molar-refractivity contribution < 1.29 is 14.3 Å². The molecule has 1 aromatic rings. The van der Waals surface area contributed by atoms with Gasteiger partial charge < -0.3 is 15.2 Å². The smallest absolute Gasteiger partial charge is 0.310 e. The Kier molecular flexibility index (Phi) is 4.33. The summed E-state index contributed by atoms with van der Waals surface area (Å²) in [6.45, 7) is 6.61. The minimum absolute atomic E-state index is 0.180. The molecule has 2 rings (SSSR count). The molecule has 0 saturated carbocycles. The van der Waals surface area contributed by atoms with E-state index in [2.05, 4.69) is 19.9 Å². The number of hydrogen-bond donors (Lipinski definition) is 1. The van der Waals surface area contributed by atoms with Gasteiger partial charge in [-0.05, 0) is 38.3 Å². The van der Waals surface area contributed by atoms with Crippen LogP contribution in [0.4, 0.5) is 0 Å². The monoisotopic (exact) mass is 277 g/mol. The van der Waals surface area contributed by atoms with Crippen LogP contribution in [0.15, 0.2) is 18.2 Å². The number of carbonyl (C=O) groups is 1. The molecule has 0 bridgehead atoms. The van der Waals surface area contributed by atoms with Gasteiger partial charge in [-0.25, -0.2) is 0 Å². The van der Waals surface area contributed by atoms with Crippen LogP contribution in [0.5, 0.6) is 5.75 Å². The summed E-state index contributed by atoms with van der Waals surface area (Å²) in [5.74, 6) is 0.374. The molecule has 0 fully saturated rings. The molecule has 1 unspecified atom stereocenters. The molecule has 4 heteroatoms. The molecule has 1 aliphatic heterocycles. The molecule has 0 radical (unpaired) electrons. The number of nitrogens with two attached hydrogens (primary N) is 1. The highest BCUT2D eigenvalue weighted by Crippen LogP contribution is 2.38. The average Bonchev–Trinajstić information content (AvgIpc) is 2.70. The predicted molar refractivity (Wildman–Crippen MR) is 77.7 cm³/mol. The Morgan fingerprint density at radius 3 is 2.90 bits per heavy atom. The quantitative estimate of drug-likeness (QED) is 0.837. The zero-order chi connectivity index (χ0) is 14.8. The van der Waals surface area contributed by atoms with Crippen molar-refractivity contribution in [2.24, 2.45) is 11.7 Å². The second-order valence-electron chi connectivity index (χ2n) is 5.83. The molecule has 2 N–H and O–H groups in total. The van der Waals surface area contributed by atoms with Gasteiger partial charge in [-0.15, -0.1) is 0 Å². The molecule has 20 heavy (non-hydrogen) atoms. The van der Waals surface area contributed by atoms with Crippen LogP contribution < -0.4 is 10.5 Å². The number of fused-ring (bicyclic) bond motifs is 1. The highest BCUT2D eigenvalue weighted by atomic mass is 16.5. The van der Waals surface area contributed by atoms with Gasteiger partial charge >= 0.3 is 5.97 Å². The molecular formula is C16H23NO3. The number of ether oxygens (including phenoxy) is 2. The zero-order valence-corrected chi connectivity index (χ0v) is 12.4. The fourth-order valence-corrected chi connectivity index (χ4v) is 2.63. The third-order valence-corrected chi connectivity index (χ3v) is 3.54. The maximum Gasteiger partial charge on any atom is 0.310 e. The number of esters is 1. The highest BCUT2D eigenvalue weighted by molar-refractivity contribution is 5.73. The Morgan fingerprint density at radius 1 is 1.50 bits per heavy atom. The molecular weight excluding hydrogens is 254 g/mol. The largest absolute Gasteiger partial charge is 0.487 e. The van der Waals surface area contributed by atoms with E-state index < -0.39 is 0 Å². The van der Waals surface area contributed by atoms with Crippen LogP contribution >= 0.6 is 0 Å². The van der Waals surface area contributed by atoms with E-state index in [1.165, 1.54) is 5.56 Å². The summed E-state index contributed by atoms with van der Waals surface area (Å²) in [4.78, 5) is 11.9. The summed E-state index contributed by atoms with van der Waals surface area (Å²) < 4.78 is 11.1. The van der Waals surface area contributed by atoms with Crippen molar-refractivity contribution in [2.75, 3.05) is 13.2 Å². The Morgan fingerprint density at radius 2 is 2.25 bits per heavy atom. The summed E-state index contributed by atoms with van der Waals surface area (Å²) in [6.07, 6.45) is 1.46. The standard InChI is InChI=1S/C16H23NO3/c1-4-19-15(18)13(10-17)8-11-6-5-7-12-9-16(2,3)20-14(11)12/h5-7,13H,4,8-10,17H2,1-3H3. The summed E-state index contributed by atoms with van der Waals surface area (Å²) in [6, 6.07) is 6.09. The molecule has 1 heterocycles. The van der Waals surface area contributed by atoms with Crippen molar-refractivity contribution in [3.05, 3.63) is 29.3 Å². The molecule has 0 saturated heterocycles. The van der Waals surface area contributed by atoms with Crippen LogP contribution in [0.3, 0.4) is 0 Å². The van der Waals surface area contributed by atoms with Crippen molar-refractivity contribution in [1.82, 2.24) is 0 Å².